The van der Waals surface area contributed by atoms with Crippen molar-refractivity contribution in [1.29, 1.82) is 0 Å². The van der Waals surface area contributed by atoms with E-state index in [1.807, 2.05) is 25.1 Å². The van der Waals surface area contributed by atoms with E-state index in [9.17, 15) is 9.59 Å². The molecule has 1 fully saturated rings. The van der Waals surface area contributed by atoms with E-state index in [1.165, 1.54) is 0 Å². The predicted molar refractivity (Wildman–Crippen MR) is 128 cm³/mol. The molecule has 2 amide bonds. The van der Waals surface area contributed by atoms with Crippen molar-refractivity contribution >= 4 is 34.8 Å². The lowest BCUT2D eigenvalue weighted by atomic mass is 10.0. The van der Waals surface area contributed by atoms with Gasteiger partial charge in [-0.25, -0.2) is 0 Å². The highest BCUT2D eigenvalue weighted by Gasteiger charge is 2.18. The normalized spacial score (nSPS) is 13.6. The first-order valence-electron chi connectivity index (χ1n) is 10.6. The lowest BCUT2D eigenvalue weighted by Gasteiger charge is -2.26. The molecule has 7 nitrogen and oxygen atoms in total. The number of ether oxygens (including phenoxy) is 2. The van der Waals surface area contributed by atoms with Crippen molar-refractivity contribution in [2.75, 3.05) is 38.2 Å². The van der Waals surface area contributed by atoms with Crippen LogP contribution < -0.4 is 15.4 Å². The number of anilines is 1. The number of thiocarbonyl (C=S) groups is 1. The van der Waals surface area contributed by atoms with Crippen LogP contribution in [0.5, 0.6) is 5.75 Å². The molecule has 0 aromatic heterocycles. The molecule has 0 bridgehead atoms. The average Bonchev–Trinajstić information content (AvgIpc) is 2.78. The lowest BCUT2D eigenvalue weighted by Crippen LogP contribution is -2.40. The first-order chi connectivity index (χ1) is 15.3. The highest BCUT2D eigenvalue weighted by Crippen LogP contribution is 2.27. The molecule has 170 valence electrons. The second-order valence-electron chi connectivity index (χ2n) is 7.97. The van der Waals surface area contributed by atoms with Crippen LogP contribution in [0.15, 0.2) is 42.5 Å². The fraction of sp³-hybridized carbons (Fsp3) is 0.375. The Hall–Kier alpha value is -2.97. The molecule has 32 heavy (non-hydrogen) atoms. The molecular weight excluding hydrogens is 426 g/mol. The minimum Gasteiger partial charge on any atom is -0.483 e. The first-order valence-corrected chi connectivity index (χ1v) is 11.1. The Morgan fingerprint density at radius 1 is 1.12 bits per heavy atom. The number of carbonyl (C=O) groups is 2. The summed E-state index contributed by atoms with van der Waals surface area (Å²) in [5.74, 6) is 0.617. The Kier molecular flexibility index (Phi) is 8.19. The van der Waals surface area contributed by atoms with Crippen LogP contribution >= 0.6 is 12.2 Å². The van der Waals surface area contributed by atoms with Gasteiger partial charge in [-0.2, -0.15) is 0 Å². The molecule has 0 radical (unpaired) electrons. The summed E-state index contributed by atoms with van der Waals surface area (Å²) in [6, 6.07) is 13.0. The highest BCUT2D eigenvalue weighted by atomic mass is 32.1. The van der Waals surface area contributed by atoms with E-state index in [-0.39, 0.29) is 29.5 Å². The van der Waals surface area contributed by atoms with Gasteiger partial charge >= 0.3 is 0 Å². The molecule has 0 saturated carbocycles. The Morgan fingerprint density at radius 3 is 2.47 bits per heavy atom. The van der Waals surface area contributed by atoms with Crippen molar-refractivity contribution in [1.82, 2.24) is 10.2 Å². The summed E-state index contributed by atoms with van der Waals surface area (Å²) in [7, 11) is 0. The number of benzene rings is 2. The largest absolute Gasteiger partial charge is 0.483 e. The maximum atomic E-state index is 12.5. The Morgan fingerprint density at radius 2 is 1.81 bits per heavy atom. The van der Waals surface area contributed by atoms with Crippen molar-refractivity contribution in [2.24, 2.45) is 0 Å². The summed E-state index contributed by atoms with van der Waals surface area (Å²) in [6.07, 6.45) is 0. The second-order valence-corrected chi connectivity index (χ2v) is 8.38. The topological polar surface area (TPSA) is 79.9 Å². The third kappa shape index (κ3) is 6.51. The van der Waals surface area contributed by atoms with Gasteiger partial charge in [-0.1, -0.05) is 26.0 Å². The zero-order chi connectivity index (χ0) is 23.1. The van der Waals surface area contributed by atoms with Crippen molar-refractivity contribution in [3.8, 4) is 5.75 Å². The van der Waals surface area contributed by atoms with Gasteiger partial charge in [0.25, 0.3) is 11.8 Å². The van der Waals surface area contributed by atoms with Crippen LogP contribution in [-0.4, -0.2) is 54.7 Å². The number of rotatable bonds is 6. The number of amides is 2. The Bertz CT molecular complexity index is 970. The van der Waals surface area contributed by atoms with Gasteiger partial charge in [-0.3, -0.25) is 14.9 Å². The Labute approximate surface area is 194 Å². The zero-order valence-electron chi connectivity index (χ0n) is 18.6. The summed E-state index contributed by atoms with van der Waals surface area (Å²) in [4.78, 5) is 26.6. The van der Waals surface area contributed by atoms with Crippen LogP contribution in [0.25, 0.3) is 0 Å². The quantitative estimate of drug-likeness (QED) is 0.650. The molecule has 1 aliphatic heterocycles. The smallest absolute Gasteiger partial charge is 0.264 e. The fourth-order valence-electron chi connectivity index (χ4n) is 3.36. The number of nitrogens with zero attached hydrogens (tertiary/aromatic N) is 1. The van der Waals surface area contributed by atoms with Crippen molar-refractivity contribution in [3.63, 3.8) is 0 Å². The fourth-order valence-corrected chi connectivity index (χ4v) is 3.59. The number of morpholine rings is 1. The van der Waals surface area contributed by atoms with Gasteiger partial charge in [0.15, 0.2) is 11.7 Å². The maximum Gasteiger partial charge on any atom is 0.264 e. The molecule has 0 atom stereocenters. The van der Waals surface area contributed by atoms with Gasteiger partial charge in [0.2, 0.25) is 0 Å². The van der Waals surface area contributed by atoms with Crippen LogP contribution in [0, 0.1) is 6.92 Å². The van der Waals surface area contributed by atoms with E-state index in [1.54, 1.807) is 29.2 Å². The number of hydrogen-bond donors (Lipinski definition) is 2. The van der Waals surface area contributed by atoms with E-state index in [4.69, 9.17) is 21.7 Å². The SMILES string of the molecule is Cc1ccc(C(C)C)c(OCC(=O)NC(=S)Nc2ccc(C(=O)N3CCOCC3)cc2)c1. The number of aryl methyl sites for hydroxylation is 1. The monoisotopic (exact) mass is 455 g/mol. The third-order valence-corrected chi connectivity index (χ3v) is 5.29. The van der Waals surface area contributed by atoms with E-state index in [2.05, 4.69) is 24.5 Å². The van der Waals surface area contributed by atoms with Crippen LogP contribution in [0.2, 0.25) is 0 Å². The molecule has 8 heteroatoms. The molecule has 2 aromatic rings. The minimum atomic E-state index is -0.349. The van der Waals surface area contributed by atoms with Crippen molar-refractivity contribution in [2.45, 2.75) is 26.7 Å². The van der Waals surface area contributed by atoms with Crippen LogP contribution in [-0.2, 0) is 9.53 Å². The zero-order valence-corrected chi connectivity index (χ0v) is 19.5. The van der Waals surface area contributed by atoms with Gasteiger partial charge in [0.1, 0.15) is 5.75 Å². The van der Waals surface area contributed by atoms with E-state index in [0.717, 1.165) is 11.1 Å². The van der Waals surface area contributed by atoms with E-state index in [0.29, 0.717) is 43.3 Å². The maximum absolute atomic E-state index is 12.5. The van der Waals surface area contributed by atoms with Crippen molar-refractivity contribution < 1.29 is 19.1 Å². The van der Waals surface area contributed by atoms with Crippen LogP contribution in [0.1, 0.15) is 41.3 Å². The van der Waals surface area contributed by atoms with Gasteiger partial charge in [0, 0.05) is 24.3 Å². The number of carbonyl (C=O) groups excluding carboxylic acids is 2. The molecule has 0 unspecified atom stereocenters. The molecule has 0 spiro atoms. The van der Waals surface area contributed by atoms with Crippen LogP contribution in [0.3, 0.4) is 0 Å². The Balaban J connectivity index is 1.49. The van der Waals surface area contributed by atoms with Gasteiger partial charge in [-0.15, -0.1) is 0 Å². The molecule has 1 heterocycles. The average molecular weight is 456 g/mol. The molecule has 1 aliphatic rings. The molecule has 1 saturated heterocycles. The summed E-state index contributed by atoms with van der Waals surface area (Å²) in [5, 5.41) is 5.74. The van der Waals surface area contributed by atoms with Crippen LogP contribution in [0.4, 0.5) is 5.69 Å². The predicted octanol–water partition coefficient (Wildman–Crippen LogP) is 3.48. The summed E-state index contributed by atoms with van der Waals surface area (Å²) < 4.78 is 11.0. The molecular formula is C24H29N3O4S. The minimum absolute atomic E-state index is 0.0233. The molecule has 2 N–H and O–H groups in total. The molecule has 0 aliphatic carbocycles. The third-order valence-electron chi connectivity index (χ3n) is 5.09. The van der Waals surface area contributed by atoms with Gasteiger partial charge in [0.05, 0.1) is 13.2 Å². The molecule has 3 rings (SSSR count). The van der Waals surface area contributed by atoms with E-state index >= 15 is 0 Å². The highest BCUT2D eigenvalue weighted by molar-refractivity contribution is 7.80. The van der Waals surface area contributed by atoms with E-state index < -0.39 is 0 Å². The van der Waals surface area contributed by atoms with Crippen molar-refractivity contribution in [3.05, 3.63) is 59.2 Å². The summed E-state index contributed by atoms with van der Waals surface area (Å²) in [6.45, 7) is 8.31. The number of hydrogen-bond acceptors (Lipinski definition) is 5. The standard InChI is InChI=1S/C24H29N3O4S/c1-16(2)20-9-4-17(3)14-21(20)31-15-22(28)26-24(32)25-19-7-5-18(6-8-19)23(29)27-10-12-30-13-11-27/h4-9,14,16H,10-13,15H2,1-3H3,(H2,25,26,28,32). The molecule has 2 aromatic carbocycles. The number of nitrogens with one attached hydrogen (secondary N) is 2. The summed E-state index contributed by atoms with van der Waals surface area (Å²) >= 11 is 5.23. The second kappa shape index (κ2) is 11.1. The summed E-state index contributed by atoms with van der Waals surface area (Å²) in [5.41, 5.74) is 3.39. The van der Waals surface area contributed by atoms with Gasteiger partial charge < -0.3 is 19.7 Å². The van der Waals surface area contributed by atoms with Gasteiger partial charge in [-0.05, 0) is 66.5 Å². The lowest BCUT2D eigenvalue weighted by molar-refractivity contribution is -0.121. The first kappa shape index (κ1) is 23.7.